The van der Waals surface area contributed by atoms with Gasteiger partial charge in [0.05, 0.1) is 18.8 Å². The van der Waals surface area contributed by atoms with Gasteiger partial charge in [0.25, 0.3) is 0 Å². The second-order valence-corrected chi connectivity index (χ2v) is 5.85. The van der Waals surface area contributed by atoms with Crippen LogP contribution in [0.3, 0.4) is 0 Å². The van der Waals surface area contributed by atoms with E-state index in [4.69, 9.17) is 4.74 Å². The highest BCUT2D eigenvalue weighted by molar-refractivity contribution is 6.00. The third kappa shape index (κ3) is 3.47. The number of benzene rings is 2. The van der Waals surface area contributed by atoms with E-state index in [0.717, 1.165) is 30.1 Å². The van der Waals surface area contributed by atoms with Crippen LogP contribution in [-0.4, -0.2) is 32.0 Å². The zero-order valence-corrected chi connectivity index (χ0v) is 13.6. The highest BCUT2D eigenvalue weighted by Crippen LogP contribution is 2.30. The summed E-state index contributed by atoms with van der Waals surface area (Å²) < 4.78 is 5.88. The quantitative estimate of drug-likeness (QED) is 0.857. The Bertz CT molecular complexity index is 685. The first-order valence-corrected chi connectivity index (χ1v) is 8.01. The predicted molar refractivity (Wildman–Crippen MR) is 93.7 cm³/mol. The van der Waals surface area contributed by atoms with Crippen LogP contribution in [0.5, 0.6) is 5.75 Å². The zero-order chi connectivity index (χ0) is 16.2. The third-order valence-electron chi connectivity index (χ3n) is 4.15. The predicted octanol–water partition coefficient (Wildman–Crippen LogP) is 3.59. The Kier molecular flexibility index (Phi) is 4.51. The normalized spacial score (nSPS) is 16.0. The lowest BCUT2D eigenvalue weighted by atomic mass is 10.1. The second-order valence-electron chi connectivity index (χ2n) is 5.85. The Morgan fingerprint density at radius 2 is 2.04 bits per heavy atom. The summed E-state index contributed by atoms with van der Waals surface area (Å²) in [5.74, 6) is 0.926. The molecule has 0 fully saturated rings. The number of carbonyl (C=O) groups excluding carboxylic acids is 1. The molecule has 1 aliphatic heterocycles. The van der Waals surface area contributed by atoms with Crippen LogP contribution in [0.2, 0.25) is 0 Å². The number of fused-ring (bicyclic) bond motifs is 1. The minimum absolute atomic E-state index is 0.0959. The van der Waals surface area contributed by atoms with Gasteiger partial charge in [-0.3, -0.25) is 4.79 Å². The van der Waals surface area contributed by atoms with Crippen LogP contribution in [-0.2, 0) is 0 Å². The molecule has 0 bridgehead atoms. The van der Waals surface area contributed by atoms with Gasteiger partial charge in [0.2, 0.25) is 0 Å². The fraction of sp³-hybridized carbons (Fsp3) is 0.316. The molecule has 3 rings (SSSR count). The Morgan fingerprint density at radius 3 is 2.78 bits per heavy atom. The number of nitrogens with zero attached hydrogens (tertiary/aromatic N) is 1. The molecule has 4 heteroatoms. The molecule has 0 saturated heterocycles. The number of anilines is 2. The Morgan fingerprint density at radius 1 is 1.26 bits per heavy atom. The van der Waals surface area contributed by atoms with Crippen molar-refractivity contribution >= 4 is 17.2 Å². The van der Waals surface area contributed by atoms with Gasteiger partial charge in [0.1, 0.15) is 11.9 Å². The molecule has 0 radical (unpaired) electrons. The van der Waals surface area contributed by atoms with Crippen LogP contribution in [0.4, 0.5) is 11.4 Å². The monoisotopic (exact) mass is 310 g/mol. The number of carbonyl (C=O) groups is 1. The van der Waals surface area contributed by atoms with Gasteiger partial charge < -0.3 is 15.0 Å². The number of likely N-dealkylation sites (N-methyl/N-ethyl adjacent to an activating group) is 1. The highest BCUT2D eigenvalue weighted by Gasteiger charge is 2.19. The molecule has 120 valence electrons. The maximum absolute atomic E-state index is 12.5. The zero-order valence-electron chi connectivity index (χ0n) is 13.6. The Balaban J connectivity index is 1.71. The number of hydrogen-bond acceptors (Lipinski definition) is 4. The van der Waals surface area contributed by atoms with Crippen molar-refractivity contribution in [3.63, 3.8) is 0 Å². The summed E-state index contributed by atoms with van der Waals surface area (Å²) >= 11 is 0. The second kappa shape index (κ2) is 6.73. The summed E-state index contributed by atoms with van der Waals surface area (Å²) in [6, 6.07) is 15.5. The van der Waals surface area contributed by atoms with Crippen LogP contribution in [0.1, 0.15) is 23.7 Å². The largest absolute Gasteiger partial charge is 0.486 e. The van der Waals surface area contributed by atoms with Crippen molar-refractivity contribution in [2.75, 3.05) is 30.4 Å². The molecule has 2 aromatic rings. The molecule has 0 saturated carbocycles. The molecule has 1 atom stereocenters. The summed E-state index contributed by atoms with van der Waals surface area (Å²) in [5, 5.41) is 3.35. The maximum atomic E-state index is 12.5. The Hall–Kier alpha value is -2.49. The average Bonchev–Trinajstić information content (AvgIpc) is 2.61. The van der Waals surface area contributed by atoms with E-state index in [1.54, 1.807) is 0 Å². The van der Waals surface area contributed by atoms with Crippen LogP contribution in [0.25, 0.3) is 0 Å². The van der Waals surface area contributed by atoms with Crippen LogP contribution in [0.15, 0.2) is 48.5 Å². The lowest BCUT2D eigenvalue weighted by molar-refractivity contribution is 0.100. The number of nitrogens with one attached hydrogen (secondary N) is 1. The number of para-hydroxylation sites is 1. The van der Waals surface area contributed by atoms with E-state index in [9.17, 15) is 4.79 Å². The van der Waals surface area contributed by atoms with Gasteiger partial charge in [0.15, 0.2) is 5.78 Å². The molecule has 1 N–H and O–H groups in total. The van der Waals surface area contributed by atoms with E-state index in [0.29, 0.717) is 12.1 Å². The van der Waals surface area contributed by atoms with E-state index in [1.807, 2.05) is 60.5 Å². The smallest absolute Gasteiger partial charge is 0.182 e. The molecule has 1 unspecified atom stereocenters. The van der Waals surface area contributed by atoms with Gasteiger partial charge in [0, 0.05) is 18.3 Å². The van der Waals surface area contributed by atoms with Gasteiger partial charge in [-0.25, -0.2) is 0 Å². The average molecular weight is 310 g/mol. The summed E-state index contributed by atoms with van der Waals surface area (Å²) in [6.45, 7) is 3.24. The molecule has 0 aliphatic carbocycles. The van der Waals surface area contributed by atoms with Crippen molar-refractivity contribution < 1.29 is 9.53 Å². The summed E-state index contributed by atoms with van der Waals surface area (Å²) in [6.07, 6.45) is 1.17. The molecule has 1 aliphatic rings. The van der Waals surface area contributed by atoms with Crippen molar-refractivity contribution in [2.24, 2.45) is 0 Å². The first-order valence-electron chi connectivity index (χ1n) is 8.01. The number of hydrogen-bond donors (Lipinski definition) is 1. The van der Waals surface area contributed by atoms with Crippen LogP contribution < -0.4 is 15.0 Å². The van der Waals surface area contributed by atoms with E-state index in [1.165, 1.54) is 0 Å². The standard InChI is InChI=1S/C19H22N2O2/c1-3-16-12-20-17-11-14(9-10-19(17)23-16)18(22)13-21(2)15-7-5-4-6-8-15/h4-11,16,20H,3,12-13H2,1-2H3. The maximum Gasteiger partial charge on any atom is 0.182 e. The topological polar surface area (TPSA) is 41.6 Å². The van der Waals surface area contributed by atoms with Gasteiger partial charge in [-0.05, 0) is 36.8 Å². The molecular formula is C19H22N2O2. The Labute approximate surface area is 137 Å². The van der Waals surface area contributed by atoms with Crippen molar-refractivity contribution in [3.05, 3.63) is 54.1 Å². The minimum atomic E-state index is 0.0959. The van der Waals surface area contributed by atoms with E-state index in [-0.39, 0.29) is 11.9 Å². The molecule has 0 amide bonds. The first-order chi connectivity index (χ1) is 11.2. The van der Waals surface area contributed by atoms with E-state index >= 15 is 0 Å². The minimum Gasteiger partial charge on any atom is -0.486 e. The lowest BCUT2D eigenvalue weighted by Crippen LogP contribution is -2.30. The number of rotatable bonds is 5. The van der Waals surface area contributed by atoms with E-state index in [2.05, 4.69) is 12.2 Å². The number of Topliss-reactive ketones (excluding diaryl/α,β-unsaturated/α-hetero) is 1. The fourth-order valence-electron chi connectivity index (χ4n) is 2.70. The number of ketones is 1. The van der Waals surface area contributed by atoms with Gasteiger partial charge in [-0.1, -0.05) is 25.1 Å². The molecule has 1 heterocycles. The van der Waals surface area contributed by atoms with Gasteiger partial charge >= 0.3 is 0 Å². The van der Waals surface area contributed by atoms with E-state index < -0.39 is 0 Å². The van der Waals surface area contributed by atoms with Crippen LogP contribution in [0, 0.1) is 0 Å². The fourth-order valence-corrected chi connectivity index (χ4v) is 2.70. The van der Waals surface area contributed by atoms with Crippen molar-refractivity contribution in [2.45, 2.75) is 19.4 Å². The van der Waals surface area contributed by atoms with Gasteiger partial charge in [-0.2, -0.15) is 0 Å². The lowest BCUT2D eigenvalue weighted by Gasteiger charge is -2.27. The molecule has 2 aromatic carbocycles. The van der Waals surface area contributed by atoms with Crippen molar-refractivity contribution in [1.29, 1.82) is 0 Å². The highest BCUT2D eigenvalue weighted by atomic mass is 16.5. The molecule has 0 spiro atoms. The van der Waals surface area contributed by atoms with Crippen molar-refractivity contribution in [3.8, 4) is 5.75 Å². The summed E-state index contributed by atoms with van der Waals surface area (Å²) in [4.78, 5) is 14.5. The number of ether oxygens (including phenoxy) is 1. The van der Waals surface area contributed by atoms with Crippen LogP contribution >= 0.6 is 0 Å². The SMILES string of the molecule is CCC1CNc2cc(C(=O)CN(C)c3ccccc3)ccc2O1. The molecular weight excluding hydrogens is 288 g/mol. The summed E-state index contributed by atoms with van der Waals surface area (Å²) in [5.41, 5.74) is 2.64. The first kappa shape index (κ1) is 15.4. The summed E-state index contributed by atoms with van der Waals surface area (Å²) in [7, 11) is 1.93. The molecule has 0 aromatic heterocycles. The molecule has 23 heavy (non-hydrogen) atoms. The van der Waals surface area contributed by atoms with Crippen molar-refractivity contribution in [1.82, 2.24) is 0 Å². The van der Waals surface area contributed by atoms with Gasteiger partial charge in [-0.15, -0.1) is 0 Å². The molecule has 4 nitrogen and oxygen atoms in total. The third-order valence-corrected chi connectivity index (χ3v) is 4.15.